The molecule has 0 aromatic rings. The van der Waals surface area contributed by atoms with Crippen LogP contribution in [0, 0.1) is 5.92 Å². The van der Waals surface area contributed by atoms with Crippen molar-refractivity contribution in [3.8, 4) is 0 Å². The van der Waals surface area contributed by atoms with Crippen molar-refractivity contribution in [3.05, 3.63) is 0 Å². The molecule has 88 valence electrons. The molecule has 2 aliphatic rings. The van der Waals surface area contributed by atoms with Gasteiger partial charge in [0.05, 0.1) is 0 Å². The van der Waals surface area contributed by atoms with Gasteiger partial charge in [0.15, 0.2) is 0 Å². The number of rotatable bonds is 4. The SMILES string of the molecule is CCCC(N)CN1CCCC2CCCC21. The van der Waals surface area contributed by atoms with Crippen molar-refractivity contribution in [3.63, 3.8) is 0 Å². The summed E-state index contributed by atoms with van der Waals surface area (Å²) in [6.45, 7) is 4.68. The third-order valence-electron chi connectivity index (χ3n) is 4.24. The second-order valence-electron chi connectivity index (χ2n) is 5.44. The molecule has 0 aromatic heterocycles. The van der Waals surface area contributed by atoms with Crippen LogP contribution in [-0.2, 0) is 0 Å². The van der Waals surface area contributed by atoms with Gasteiger partial charge in [-0.2, -0.15) is 0 Å². The number of fused-ring (bicyclic) bond motifs is 1. The lowest BCUT2D eigenvalue weighted by Crippen LogP contribution is -2.47. The van der Waals surface area contributed by atoms with Crippen molar-refractivity contribution in [2.24, 2.45) is 11.7 Å². The van der Waals surface area contributed by atoms with Crippen LogP contribution in [0.4, 0.5) is 0 Å². The zero-order valence-electron chi connectivity index (χ0n) is 10.1. The number of hydrogen-bond donors (Lipinski definition) is 1. The van der Waals surface area contributed by atoms with E-state index in [0.717, 1.165) is 18.5 Å². The van der Waals surface area contributed by atoms with Gasteiger partial charge in [-0.05, 0) is 44.6 Å². The predicted octanol–water partition coefficient (Wildman–Crippen LogP) is 2.38. The minimum atomic E-state index is 0.411. The van der Waals surface area contributed by atoms with Crippen LogP contribution in [0.5, 0.6) is 0 Å². The van der Waals surface area contributed by atoms with Gasteiger partial charge in [-0.1, -0.05) is 19.8 Å². The number of hydrogen-bond acceptors (Lipinski definition) is 2. The Hall–Kier alpha value is -0.0800. The molecule has 2 heteroatoms. The van der Waals surface area contributed by atoms with E-state index in [2.05, 4.69) is 11.8 Å². The summed E-state index contributed by atoms with van der Waals surface area (Å²) in [5.41, 5.74) is 6.16. The van der Waals surface area contributed by atoms with Crippen molar-refractivity contribution in [1.82, 2.24) is 4.90 Å². The third kappa shape index (κ3) is 2.73. The molecule has 15 heavy (non-hydrogen) atoms. The summed E-state index contributed by atoms with van der Waals surface area (Å²) in [5, 5.41) is 0. The monoisotopic (exact) mass is 210 g/mol. The lowest BCUT2D eigenvalue weighted by atomic mass is 9.91. The van der Waals surface area contributed by atoms with Gasteiger partial charge < -0.3 is 5.73 Å². The van der Waals surface area contributed by atoms with Gasteiger partial charge in [0.25, 0.3) is 0 Å². The van der Waals surface area contributed by atoms with E-state index in [0.29, 0.717) is 6.04 Å². The Morgan fingerprint density at radius 2 is 2.07 bits per heavy atom. The second kappa shape index (κ2) is 5.31. The first-order valence-electron chi connectivity index (χ1n) is 6.81. The van der Waals surface area contributed by atoms with Crippen LogP contribution >= 0.6 is 0 Å². The summed E-state index contributed by atoms with van der Waals surface area (Å²) in [6.07, 6.45) is 9.66. The van der Waals surface area contributed by atoms with E-state index in [9.17, 15) is 0 Å². The van der Waals surface area contributed by atoms with E-state index in [1.54, 1.807) is 0 Å². The van der Waals surface area contributed by atoms with Gasteiger partial charge >= 0.3 is 0 Å². The van der Waals surface area contributed by atoms with E-state index in [1.807, 2.05) is 0 Å². The molecule has 1 aliphatic carbocycles. The summed E-state index contributed by atoms with van der Waals surface area (Å²) < 4.78 is 0. The maximum atomic E-state index is 6.16. The molecule has 0 amide bonds. The largest absolute Gasteiger partial charge is 0.327 e. The summed E-state index contributed by atoms with van der Waals surface area (Å²) in [5.74, 6) is 1.01. The molecule has 2 nitrogen and oxygen atoms in total. The molecular formula is C13H26N2. The highest BCUT2D eigenvalue weighted by Gasteiger charge is 2.34. The fourth-order valence-electron chi connectivity index (χ4n) is 3.55. The highest BCUT2D eigenvalue weighted by atomic mass is 15.2. The standard InChI is InChI=1S/C13H26N2/c1-2-5-12(14)10-15-9-4-7-11-6-3-8-13(11)15/h11-13H,2-10,14H2,1H3. The molecule has 2 N–H and O–H groups in total. The normalized spacial score (nSPS) is 34.0. The molecular weight excluding hydrogens is 184 g/mol. The highest BCUT2D eigenvalue weighted by molar-refractivity contribution is 4.90. The molecule has 1 aliphatic heterocycles. The number of piperidine rings is 1. The fourth-order valence-corrected chi connectivity index (χ4v) is 3.55. The van der Waals surface area contributed by atoms with E-state index < -0.39 is 0 Å². The summed E-state index contributed by atoms with van der Waals surface area (Å²) in [4.78, 5) is 2.70. The van der Waals surface area contributed by atoms with Gasteiger partial charge in [0.2, 0.25) is 0 Å². The van der Waals surface area contributed by atoms with Crippen LogP contribution in [0.2, 0.25) is 0 Å². The van der Waals surface area contributed by atoms with Crippen molar-refractivity contribution in [2.45, 2.75) is 64.0 Å². The van der Waals surface area contributed by atoms with Crippen molar-refractivity contribution in [2.75, 3.05) is 13.1 Å². The fraction of sp³-hybridized carbons (Fsp3) is 1.00. The molecule has 1 saturated carbocycles. The first kappa shape index (κ1) is 11.4. The molecule has 0 radical (unpaired) electrons. The van der Waals surface area contributed by atoms with Crippen LogP contribution in [0.3, 0.4) is 0 Å². The molecule has 3 unspecified atom stereocenters. The average molecular weight is 210 g/mol. The highest BCUT2D eigenvalue weighted by Crippen LogP contribution is 2.36. The predicted molar refractivity (Wildman–Crippen MR) is 64.8 cm³/mol. The molecule has 0 aromatic carbocycles. The topological polar surface area (TPSA) is 29.3 Å². The van der Waals surface area contributed by atoms with Crippen molar-refractivity contribution < 1.29 is 0 Å². The van der Waals surface area contributed by atoms with Crippen LogP contribution in [-0.4, -0.2) is 30.1 Å². The Kier molecular flexibility index (Phi) is 4.04. The van der Waals surface area contributed by atoms with Crippen molar-refractivity contribution >= 4 is 0 Å². The Balaban J connectivity index is 1.84. The van der Waals surface area contributed by atoms with Gasteiger partial charge in [-0.15, -0.1) is 0 Å². The maximum absolute atomic E-state index is 6.16. The summed E-state index contributed by atoms with van der Waals surface area (Å²) >= 11 is 0. The molecule has 0 spiro atoms. The Labute approximate surface area is 94.2 Å². The van der Waals surface area contributed by atoms with Crippen molar-refractivity contribution in [1.29, 1.82) is 0 Å². The quantitative estimate of drug-likeness (QED) is 0.772. The molecule has 3 atom stereocenters. The minimum absolute atomic E-state index is 0.411. The Morgan fingerprint density at radius 3 is 2.87 bits per heavy atom. The first-order chi connectivity index (χ1) is 7.31. The zero-order chi connectivity index (χ0) is 10.7. The third-order valence-corrected chi connectivity index (χ3v) is 4.24. The Morgan fingerprint density at radius 1 is 1.27 bits per heavy atom. The molecule has 2 rings (SSSR count). The van der Waals surface area contributed by atoms with Crippen LogP contribution in [0.25, 0.3) is 0 Å². The van der Waals surface area contributed by atoms with E-state index >= 15 is 0 Å². The molecule has 1 heterocycles. The smallest absolute Gasteiger partial charge is 0.0167 e. The zero-order valence-corrected chi connectivity index (χ0v) is 10.1. The number of nitrogens with two attached hydrogens (primary N) is 1. The first-order valence-corrected chi connectivity index (χ1v) is 6.81. The molecule has 2 fully saturated rings. The van der Waals surface area contributed by atoms with Crippen LogP contribution < -0.4 is 5.73 Å². The summed E-state index contributed by atoms with van der Waals surface area (Å²) in [7, 11) is 0. The van der Waals surface area contributed by atoms with Gasteiger partial charge in [0.1, 0.15) is 0 Å². The van der Waals surface area contributed by atoms with E-state index in [1.165, 1.54) is 51.5 Å². The lowest BCUT2D eigenvalue weighted by Gasteiger charge is -2.39. The van der Waals surface area contributed by atoms with Gasteiger partial charge in [-0.25, -0.2) is 0 Å². The second-order valence-corrected chi connectivity index (χ2v) is 5.44. The minimum Gasteiger partial charge on any atom is -0.327 e. The van der Waals surface area contributed by atoms with Crippen LogP contribution in [0.1, 0.15) is 51.9 Å². The van der Waals surface area contributed by atoms with Crippen LogP contribution in [0.15, 0.2) is 0 Å². The van der Waals surface area contributed by atoms with Gasteiger partial charge in [0, 0.05) is 18.6 Å². The molecule has 0 bridgehead atoms. The Bertz CT molecular complexity index is 193. The lowest BCUT2D eigenvalue weighted by molar-refractivity contribution is 0.105. The van der Waals surface area contributed by atoms with E-state index in [4.69, 9.17) is 5.73 Å². The average Bonchev–Trinajstić information content (AvgIpc) is 2.67. The number of nitrogens with zero attached hydrogens (tertiary/aromatic N) is 1. The van der Waals surface area contributed by atoms with E-state index in [-0.39, 0.29) is 0 Å². The maximum Gasteiger partial charge on any atom is 0.0167 e. The van der Waals surface area contributed by atoms with Gasteiger partial charge in [-0.3, -0.25) is 4.90 Å². The number of likely N-dealkylation sites (tertiary alicyclic amines) is 1. The summed E-state index contributed by atoms with van der Waals surface area (Å²) in [6, 6.07) is 1.30. The molecule has 1 saturated heterocycles.